The molecule has 222 valence electrons. The third-order valence-corrected chi connectivity index (χ3v) is 9.18. The Bertz CT molecular complexity index is 1750. The molecule has 1 aliphatic heterocycles. The van der Waals surface area contributed by atoms with Gasteiger partial charge in [-0.25, -0.2) is 4.98 Å². The zero-order valence-corrected chi connectivity index (χ0v) is 24.1. The summed E-state index contributed by atoms with van der Waals surface area (Å²) < 4.78 is 40.2. The average molecular weight is 632 g/mol. The smallest absolute Gasteiger partial charge is 0.433 e. The molecule has 13 heteroatoms. The Morgan fingerprint density at radius 2 is 1.74 bits per heavy atom. The molecule has 1 aromatic carbocycles. The van der Waals surface area contributed by atoms with Crippen LogP contribution in [0.3, 0.4) is 0 Å². The SMILES string of the molecule is CC1=CC(=O)C2=C(C1=O)C(c1ccc(O)cc1Cl)C1=CCC3C(=O)N(N(C)c4nc(C(F)(F)F)ccc4Cl)C(=O)C3C1C2. The van der Waals surface area contributed by atoms with Gasteiger partial charge in [-0.15, -0.1) is 0 Å². The molecule has 0 radical (unpaired) electrons. The highest BCUT2D eigenvalue weighted by atomic mass is 35.5. The number of alkyl halides is 3. The predicted molar refractivity (Wildman–Crippen MR) is 149 cm³/mol. The van der Waals surface area contributed by atoms with Crippen LogP contribution in [-0.4, -0.2) is 45.5 Å². The fourth-order valence-electron chi connectivity index (χ4n) is 6.66. The monoisotopic (exact) mass is 631 g/mol. The molecule has 1 saturated heterocycles. The summed E-state index contributed by atoms with van der Waals surface area (Å²) in [5.74, 6) is -5.99. The molecule has 2 aromatic rings. The molecule has 4 atom stereocenters. The van der Waals surface area contributed by atoms with Gasteiger partial charge in [-0.3, -0.25) is 24.2 Å². The molecule has 8 nitrogen and oxygen atoms in total. The molecule has 1 aromatic heterocycles. The lowest BCUT2D eigenvalue weighted by atomic mass is 9.59. The number of phenolic OH excluding ortho intramolecular Hbond substituents is 1. The Hall–Kier alpha value is -3.96. The number of carbonyl (C=O) groups is 4. The molecule has 4 unspecified atom stereocenters. The standard InChI is InChI=1S/C30H22Cl2F3N3O5/c1-12-9-21(40)18-11-17-14(23(25(18)26(12)41)15-4-3-13(39)10-20(15)32)5-6-16-24(17)29(43)38(28(16)42)37(2)27-19(31)7-8-22(36-27)30(33,34)35/h3-5,7-10,16-17,23-24,39H,6,11H2,1-2H3. The number of amides is 2. The number of anilines is 1. The second kappa shape index (κ2) is 10.1. The van der Waals surface area contributed by atoms with Crippen molar-refractivity contribution >= 4 is 52.4 Å². The number of hydrazine groups is 1. The van der Waals surface area contributed by atoms with Crippen molar-refractivity contribution in [1.82, 2.24) is 9.99 Å². The van der Waals surface area contributed by atoms with Crippen molar-refractivity contribution in [2.24, 2.45) is 17.8 Å². The quantitative estimate of drug-likeness (QED) is 0.267. The number of nitrogens with zero attached hydrogens (tertiary/aromatic N) is 3. The predicted octanol–water partition coefficient (Wildman–Crippen LogP) is 5.59. The number of pyridine rings is 1. The highest BCUT2D eigenvalue weighted by Gasteiger charge is 2.57. The Morgan fingerprint density at radius 1 is 1.02 bits per heavy atom. The number of aromatic hydroxyl groups is 1. The number of halogens is 5. The molecule has 43 heavy (non-hydrogen) atoms. The fourth-order valence-corrected chi connectivity index (χ4v) is 7.17. The largest absolute Gasteiger partial charge is 0.508 e. The third-order valence-electron chi connectivity index (χ3n) is 8.56. The van der Waals surface area contributed by atoms with Crippen molar-refractivity contribution in [2.45, 2.75) is 31.9 Å². The summed E-state index contributed by atoms with van der Waals surface area (Å²) in [6, 6.07) is 5.96. The number of hydrogen-bond donors (Lipinski definition) is 1. The van der Waals surface area contributed by atoms with Crippen molar-refractivity contribution in [3.63, 3.8) is 0 Å². The summed E-state index contributed by atoms with van der Waals surface area (Å²) in [4.78, 5) is 58.0. The molecule has 2 heterocycles. The van der Waals surface area contributed by atoms with Crippen molar-refractivity contribution in [3.8, 4) is 5.75 Å². The molecule has 0 saturated carbocycles. The van der Waals surface area contributed by atoms with E-state index in [9.17, 15) is 37.5 Å². The number of aromatic nitrogens is 1. The van der Waals surface area contributed by atoms with Gasteiger partial charge in [0.2, 0.25) is 0 Å². The number of Topliss-reactive ketones (excluding diaryl/α,β-unsaturated/α-hetero) is 1. The summed E-state index contributed by atoms with van der Waals surface area (Å²) >= 11 is 12.7. The van der Waals surface area contributed by atoms with E-state index in [0.29, 0.717) is 17.2 Å². The van der Waals surface area contributed by atoms with Crippen molar-refractivity contribution in [1.29, 1.82) is 0 Å². The van der Waals surface area contributed by atoms with E-state index in [1.807, 2.05) is 0 Å². The molecule has 1 fully saturated rings. The van der Waals surface area contributed by atoms with Gasteiger partial charge in [0.15, 0.2) is 17.4 Å². The van der Waals surface area contributed by atoms with Gasteiger partial charge in [0.05, 0.1) is 16.9 Å². The average Bonchev–Trinajstić information content (AvgIpc) is 3.19. The van der Waals surface area contributed by atoms with Crippen LogP contribution in [0.25, 0.3) is 0 Å². The second-order valence-corrected chi connectivity index (χ2v) is 11.8. The lowest BCUT2D eigenvalue weighted by Gasteiger charge is -2.42. The number of phenols is 1. The van der Waals surface area contributed by atoms with E-state index in [2.05, 4.69) is 4.98 Å². The first kappa shape index (κ1) is 29.1. The number of rotatable bonds is 3. The second-order valence-electron chi connectivity index (χ2n) is 10.9. The maximum absolute atomic E-state index is 14.0. The molecule has 4 aliphatic rings. The normalized spacial score (nSPS) is 25.3. The van der Waals surface area contributed by atoms with Crippen LogP contribution < -0.4 is 5.01 Å². The summed E-state index contributed by atoms with van der Waals surface area (Å²) in [5.41, 5.74) is 0.531. The number of imide groups is 1. The van der Waals surface area contributed by atoms with E-state index in [0.717, 1.165) is 16.1 Å². The van der Waals surface area contributed by atoms with Gasteiger partial charge in [-0.2, -0.15) is 18.2 Å². The third kappa shape index (κ3) is 4.48. The minimum Gasteiger partial charge on any atom is -0.508 e. The van der Waals surface area contributed by atoms with E-state index in [-0.39, 0.29) is 56.9 Å². The zero-order chi connectivity index (χ0) is 31.1. The molecule has 0 bridgehead atoms. The highest BCUT2D eigenvalue weighted by molar-refractivity contribution is 6.33. The van der Waals surface area contributed by atoms with E-state index in [1.165, 1.54) is 32.2 Å². The number of hydrogen-bond acceptors (Lipinski definition) is 7. The van der Waals surface area contributed by atoms with Gasteiger partial charge in [0.25, 0.3) is 11.8 Å². The molecule has 2 amide bonds. The maximum atomic E-state index is 14.0. The van der Waals surface area contributed by atoms with Crippen LogP contribution in [-0.2, 0) is 25.4 Å². The van der Waals surface area contributed by atoms with Gasteiger partial charge >= 0.3 is 6.18 Å². The van der Waals surface area contributed by atoms with Gasteiger partial charge < -0.3 is 5.11 Å². The number of allylic oxidation sites excluding steroid dienone is 6. The van der Waals surface area contributed by atoms with E-state index < -0.39 is 53.2 Å². The van der Waals surface area contributed by atoms with Gasteiger partial charge in [-0.1, -0.05) is 40.9 Å². The van der Waals surface area contributed by atoms with Crippen LogP contribution >= 0.6 is 23.2 Å². The molecule has 6 rings (SSSR count). The summed E-state index contributed by atoms with van der Waals surface area (Å²) in [6.07, 6.45) is -1.67. The van der Waals surface area contributed by atoms with Crippen LogP contribution in [0.5, 0.6) is 5.75 Å². The molecule has 1 N–H and O–H groups in total. The first-order valence-corrected chi connectivity index (χ1v) is 14.0. The van der Waals surface area contributed by atoms with Crippen molar-refractivity contribution in [2.75, 3.05) is 12.1 Å². The van der Waals surface area contributed by atoms with E-state index >= 15 is 0 Å². The van der Waals surface area contributed by atoms with Crippen LogP contribution in [0.2, 0.25) is 10.0 Å². The topological polar surface area (TPSA) is 108 Å². The Kier molecular flexibility index (Phi) is 6.81. The highest BCUT2D eigenvalue weighted by Crippen LogP contribution is 2.56. The summed E-state index contributed by atoms with van der Waals surface area (Å²) in [6.45, 7) is 1.54. The molecule has 3 aliphatic carbocycles. The zero-order valence-electron chi connectivity index (χ0n) is 22.6. The summed E-state index contributed by atoms with van der Waals surface area (Å²) in [5, 5.41) is 11.6. The number of ketones is 2. The Morgan fingerprint density at radius 3 is 2.42 bits per heavy atom. The first-order valence-electron chi connectivity index (χ1n) is 13.2. The van der Waals surface area contributed by atoms with E-state index in [4.69, 9.17) is 23.2 Å². The van der Waals surface area contributed by atoms with Crippen LogP contribution in [0.15, 0.2) is 64.8 Å². The number of benzene rings is 1. The lowest BCUT2D eigenvalue weighted by molar-refractivity contribution is -0.141. The van der Waals surface area contributed by atoms with Gasteiger partial charge in [-0.05, 0) is 61.6 Å². The molecular weight excluding hydrogens is 610 g/mol. The molecule has 0 spiro atoms. The van der Waals surface area contributed by atoms with Crippen molar-refractivity contribution < 1.29 is 37.5 Å². The minimum atomic E-state index is -4.79. The van der Waals surface area contributed by atoms with Crippen LogP contribution in [0, 0.1) is 17.8 Å². The molecular formula is C30H22Cl2F3N3O5. The van der Waals surface area contributed by atoms with Crippen LogP contribution in [0.4, 0.5) is 19.0 Å². The maximum Gasteiger partial charge on any atom is 0.433 e. The summed E-state index contributed by atoms with van der Waals surface area (Å²) in [7, 11) is 1.23. The lowest BCUT2D eigenvalue weighted by Crippen LogP contribution is -2.46. The minimum absolute atomic E-state index is 0.00201. The first-order chi connectivity index (χ1) is 20.2. The Labute approximate surface area is 253 Å². The Balaban J connectivity index is 1.44. The van der Waals surface area contributed by atoms with Gasteiger partial charge in [0, 0.05) is 34.7 Å². The van der Waals surface area contributed by atoms with Gasteiger partial charge in [0.1, 0.15) is 11.4 Å². The van der Waals surface area contributed by atoms with E-state index in [1.54, 1.807) is 12.1 Å². The fraction of sp³-hybridized carbons (Fsp3) is 0.300. The van der Waals surface area contributed by atoms with Crippen LogP contribution in [0.1, 0.15) is 36.9 Å². The number of fused-ring (bicyclic) bond motifs is 3. The number of carbonyl (C=O) groups excluding carboxylic acids is 4. The van der Waals surface area contributed by atoms with Crippen molar-refractivity contribution in [3.05, 3.63) is 86.1 Å².